The number of aromatic nitrogens is 4. The normalized spacial score (nSPS) is 11.2. The van der Waals surface area contributed by atoms with Crippen LogP contribution in [0.2, 0.25) is 0 Å². The average molecular weight is 532 g/mol. The van der Waals surface area contributed by atoms with Crippen LogP contribution in [-0.4, -0.2) is 37.8 Å². The number of benzene rings is 3. The Morgan fingerprint density at radius 2 is 1.50 bits per heavy atom. The molecule has 0 bridgehead atoms. The number of carbonyl (C=O) groups excluding carboxylic acids is 1. The number of phenolic OH excluding ortho intramolecular Hbond substituents is 1. The summed E-state index contributed by atoms with van der Waals surface area (Å²) in [6, 6.07) is 18.9. The van der Waals surface area contributed by atoms with Crippen molar-refractivity contribution in [1.82, 2.24) is 25.5 Å². The van der Waals surface area contributed by atoms with Crippen LogP contribution >= 0.6 is 11.8 Å². The van der Waals surface area contributed by atoms with Gasteiger partial charge in [0.05, 0.1) is 11.3 Å². The molecule has 4 rings (SSSR count). The van der Waals surface area contributed by atoms with Crippen molar-refractivity contribution < 1.29 is 9.90 Å². The number of tetrazole rings is 1. The zero-order valence-corrected chi connectivity index (χ0v) is 22.9. The van der Waals surface area contributed by atoms with Crippen LogP contribution < -0.4 is 5.32 Å². The molecule has 0 aliphatic rings. The maximum atomic E-state index is 13.1. The molecule has 0 radical (unpaired) electrons. The summed E-state index contributed by atoms with van der Waals surface area (Å²) < 4.78 is 1.66. The predicted octanol–water partition coefficient (Wildman–Crippen LogP) is 7.32. The number of rotatable bonds is 15. The minimum Gasteiger partial charge on any atom is -0.506 e. The van der Waals surface area contributed by atoms with Crippen molar-refractivity contribution in [3.63, 3.8) is 0 Å². The second-order valence-electron chi connectivity index (χ2n) is 9.57. The molecule has 0 spiro atoms. The Hall–Kier alpha value is -3.39. The molecule has 0 unspecified atom stereocenters. The number of hydrogen-bond acceptors (Lipinski definition) is 6. The average Bonchev–Trinajstić information content (AvgIpc) is 3.42. The third kappa shape index (κ3) is 7.34. The van der Waals surface area contributed by atoms with E-state index in [1.807, 2.05) is 54.6 Å². The number of unbranched alkanes of at least 4 members (excludes halogenated alkanes) is 9. The van der Waals surface area contributed by atoms with Crippen LogP contribution in [0.5, 0.6) is 5.75 Å². The van der Waals surface area contributed by atoms with Gasteiger partial charge in [0, 0.05) is 16.8 Å². The highest BCUT2D eigenvalue weighted by Gasteiger charge is 2.19. The van der Waals surface area contributed by atoms with E-state index >= 15 is 0 Å². The van der Waals surface area contributed by atoms with Crippen molar-refractivity contribution in [2.75, 3.05) is 6.54 Å². The molecule has 1 aromatic heterocycles. The Balaban J connectivity index is 1.38. The van der Waals surface area contributed by atoms with Crippen molar-refractivity contribution in [3.8, 4) is 11.4 Å². The Kier molecular flexibility index (Phi) is 10.6. The number of amides is 1. The first-order valence-electron chi connectivity index (χ1n) is 13.7. The minimum absolute atomic E-state index is 0.00632. The highest BCUT2D eigenvalue weighted by molar-refractivity contribution is 7.99. The molecular weight excluding hydrogens is 494 g/mol. The van der Waals surface area contributed by atoms with Gasteiger partial charge in [-0.25, -0.2) is 0 Å². The number of carbonyl (C=O) groups is 1. The van der Waals surface area contributed by atoms with E-state index in [9.17, 15) is 9.90 Å². The first-order valence-corrected chi connectivity index (χ1v) is 14.5. The molecule has 38 heavy (non-hydrogen) atoms. The second kappa shape index (κ2) is 14.5. The Morgan fingerprint density at radius 3 is 2.21 bits per heavy atom. The first-order chi connectivity index (χ1) is 18.7. The van der Waals surface area contributed by atoms with E-state index in [0.717, 1.165) is 28.8 Å². The number of phenols is 1. The molecule has 0 saturated heterocycles. The highest BCUT2D eigenvalue weighted by atomic mass is 32.2. The van der Waals surface area contributed by atoms with E-state index in [0.29, 0.717) is 17.1 Å². The van der Waals surface area contributed by atoms with Crippen molar-refractivity contribution in [2.45, 2.75) is 81.2 Å². The fourth-order valence-electron chi connectivity index (χ4n) is 4.57. The lowest BCUT2D eigenvalue weighted by molar-refractivity contribution is 0.0950. The number of para-hydroxylation sites is 1. The lowest BCUT2D eigenvalue weighted by Crippen LogP contribution is -2.24. The first kappa shape index (κ1) is 27.6. The maximum absolute atomic E-state index is 13.1. The van der Waals surface area contributed by atoms with Gasteiger partial charge in [0.1, 0.15) is 5.75 Å². The molecule has 0 saturated carbocycles. The van der Waals surface area contributed by atoms with E-state index in [1.54, 1.807) is 10.7 Å². The Bertz CT molecular complexity index is 1310. The fraction of sp³-hybridized carbons (Fsp3) is 0.400. The number of aromatic hydroxyl groups is 1. The van der Waals surface area contributed by atoms with Crippen molar-refractivity contribution in [2.24, 2.45) is 0 Å². The Morgan fingerprint density at radius 1 is 0.868 bits per heavy atom. The van der Waals surface area contributed by atoms with Crippen LogP contribution in [0.25, 0.3) is 16.5 Å². The lowest BCUT2D eigenvalue weighted by atomic mass is 10.0. The van der Waals surface area contributed by atoms with Crippen molar-refractivity contribution in [1.29, 1.82) is 0 Å². The second-order valence-corrected chi connectivity index (χ2v) is 10.6. The van der Waals surface area contributed by atoms with Crippen LogP contribution in [0.3, 0.4) is 0 Å². The summed E-state index contributed by atoms with van der Waals surface area (Å²) in [6.45, 7) is 2.84. The van der Waals surface area contributed by atoms with Gasteiger partial charge in [-0.2, -0.15) is 4.68 Å². The fourth-order valence-corrected chi connectivity index (χ4v) is 5.53. The summed E-state index contributed by atoms with van der Waals surface area (Å²) in [5, 5.41) is 28.2. The molecule has 7 nitrogen and oxygen atoms in total. The summed E-state index contributed by atoms with van der Waals surface area (Å²) in [5.74, 6) is -0.276. The summed E-state index contributed by atoms with van der Waals surface area (Å²) in [4.78, 5) is 13.9. The summed E-state index contributed by atoms with van der Waals surface area (Å²) in [6.07, 6.45) is 12.5. The van der Waals surface area contributed by atoms with Gasteiger partial charge < -0.3 is 10.4 Å². The van der Waals surface area contributed by atoms with Gasteiger partial charge >= 0.3 is 0 Å². The van der Waals surface area contributed by atoms with Crippen LogP contribution in [0.15, 0.2) is 70.7 Å². The molecule has 0 aliphatic carbocycles. The molecule has 8 heteroatoms. The van der Waals surface area contributed by atoms with E-state index < -0.39 is 0 Å². The predicted molar refractivity (Wildman–Crippen MR) is 153 cm³/mol. The van der Waals surface area contributed by atoms with Gasteiger partial charge in [-0.1, -0.05) is 107 Å². The van der Waals surface area contributed by atoms with Crippen LogP contribution in [0.4, 0.5) is 0 Å². The lowest BCUT2D eigenvalue weighted by Gasteiger charge is -2.13. The summed E-state index contributed by atoms with van der Waals surface area (Å²) >= 11 is 1.37. The van der Waals surface area contributed by atoms with Gasteiger partial charge in [0.2, 0.25) is 5.16 Å². The smallest absolute Gasteiger partial charge is 0.255 e. The molecule has 1 amide bonds. The molecule has 3 aromatic carbocycles. The largest absolute Gasteiger partial charge is 0.506 e. The number of nitrogens with zero attached hydrogens (tertiary/aromatic N) is 4. The van der Waals surface area contributed by atoms with Gasteiger partial charge in [0.25, 0.3) is 5.91 Å². The zero-order valence-electron chi connectivity index (χ0n) is 22.1. The van der Waals surface area contributed by atoms with Crippen molar-refractivity contribution in [3.05, 3.63) is 66.2 Å². The van der Waals surface area contributed by atoms with Gasteiger partial charge in [-0.3, -0.25) is 4.79 Å². The highest BCUT2D eigenvalue weighted by Crippen LogP contribution is 2.39. The standard InChI is InChI=1S/C30H37N5O2S/c1-2-3-4-5-6-7-8-9-10-16-21-31-29(37)26-22-27(24-19-14-15-20-25(24)28(26)36)38-30-32-33-34-35(30)23-17-12-11-13-18-23/h11-15,17-20,22,36H,2-10,16,21H2,1H3,(H,31,37). The van der Waals surface area contributed by atoms with Gasteiger partial charge in [-0.05, 0) is 52.2 Å². The maximum Gasteiger partial charge on any atom is 0.255 e. The summed E-state index contributed by atoms with van der Waals surface area (Å²) in [5.41, 5.74) is 1.11. The van der Waals surface area contributed by atoms with Crippen LogP contribution in [-0.2, 0) is 0 Å². The van der Waals surface area contributed by atoms with E-state index in [1.165, 1.54) is 63.1 Å². The van der Waals surface area contributed by atoms with Gasteiger partial charge in [-0.15, -0.1) is 5.10 Å². The summed E-state index contributed by atoms with van der Waals surface area (Å²) in [7, 11) is 0. The van der Waals surface area contributed by atoms with Crippen molar-refractivity contribution >= 4 is 28.4 Å². The van der Waals surface area contributed by atoms with E-state index in [4.69, 9.17) is 0 Å². The molecular formula is C30H37N5O2S. The monoisotopic (exact) mass is 531 g/mol. The van der Waals surface area contributed by atoms with Crippen LogP contribution in [0.1, 0.15) is 81.5 Å². The SMILES string of the molecule is CCCCCCCCCCCCNC(=O)c1cc(Sc2nnnn2-c2ccccc2)c2ccccc2c1O. The molecule has 2 N–H and O–H groups in total. The van der Waals surface area contributed by atoms with Gasteiger partial charge in [0.15, 0.2) is 0 Å². The molecule has 4 aromatic rings. The third-order valence-electron chi connectivity index (χ3n) is 6.68. The molecule has 1 heterocycles. The molecule has 0 fully saturated rings. The quantitative estimate of drug-likeness (QED) is 0.156. The van der Waals surface area contributed by atoms with E-state index in [-0.39, 0.29) is 17.2 Å². The zero-order chi connectivity index (χ0) is 26.6. The topological polar surface area (TPSA) is 92.9 Å². The third-order valence-corrected chi connectivity index (χ3v) is 7.68. The minimum atomic E-state index is -0.270. The Labute approximate surface area is 229 Å². The number of fused-ring (bicyclic) bond motifs is 1. The van der Waals surface area contributed by atoms with E-state index in [2.05, 4.69) is 27.8 Å². The number of hydrogen-bond donors (Lipinski definition) is 2. The van der Waals surface area contributed by atoms with Crippen LogP contribution in [0, 0.1) is 0 Å². The molecule has 200 valence electrons. The molecule has 0 atom stereocenters. The number of nitrogens with one attached hydrogen (secondary N) is 1. The molecule has 0 aliphatic heterocycles.